The summed E-state index contributed by atoms with van der Waals surface area (Å²) in [6.07, 6.45) is 3.58. The minimum atomic E-state index is -3.21. The summed E-state index contributed by atoms with van der Waals surface area (Å²) in [4.78, 5) is 4.75. The highest BCUT2D eigenvalue weighted by Gasteiger charge is 2.50. The molecular formula is C26H29NO5S. The number of nitrogens with zero attached hydrogens (tertiary/aromatic N) is 1. The second-order valence-corrected chi connectivity index (χ2v) is 11.5. The van der Waals surface area contributed by atoms with Gasteiger partial charge in [0.05, 0.1) is 11.5 Å². The Kier molecular flexibility index (Phi) is 5.67. The summed E-state index contributed by atoms with van der Waals surface area (Å²) in [7, 11) is -3.21. The van der Waals surface area contributed by atoms with Crippen LogP contribution in [0.15, 0.2) is 48.7 Å². The minimum absolute atomic E-state index is 0.276. The van der Waals surface area contributed by atoms with Crippen LogP contribution in [0.5, 0.6) is 5.75 Å². The number of sulfone groups is 1. The molecule has 0 radical (unpaired) electrons. The first kappa shape index (κ1) is 22.3. The maximum Gasteiger partial charge on any atom is 0.156 e. The van der Waals surface area contributed by atoms with Gasteiger partial charge in [-0.05, 0) is 50.3 Å². The second-order valence-electron chi connectivity index (χ2n) is 9.39. The van der Waals surface area contributed by atoms with Crippen molar-refractivity contribution >= 4 is 20.6 Å². The molecule has 6 nitrogen and oxygen atoms in total. The van der Waals surface area contributed by atoms with Crippen molar-refractivity contribution in [1.29, 1.82) is 0 Å². The fourth-order valence-electron chi connectivity index (χ4n) is 5.06. The molecule has 2 saturated heterocycles. The molecule has 0 saturated carbocycles. The normalized spacial score (nSPS) is 20.8. The van der Waals surface area contributed by atoms with Gasteiger partial charge < -0.3 is 14.6 Å². The number of rotatable bonds is 5. The van der Waals surface area contributed by atoms with Crippen molar-refractivity contribution < 1.29 is 23.0 Å². The van der Waals surface area contributed by atoms with E-state index in [4.69, 9.17) is 14.5 Å². The zero-order chi connectivity index (χ0) is 23.2. The molecule has 3 aromatic rings. The zero-order valence-electron chi connectivity index (χ0n) is 19.0. The third-order valence-electron chi connectivity index (χ3n) is 6.72. The Hall–Kier alpha value is -2.48. The molecule has 0 bridgehead atoms. The lowest BCUT2D eigenvalue weighted by Gasteiger charge is -2.37. The van der Waals surface area contributed by atoms with Crippen LogP contribution >= 0.6 is 0 Å². The molecule has 2 aromatic carbocycles. The van der Waals surface area contributed by atoms with Crippen molar-refractivity contribution in [3.63, 3.8) is 0 Å². The predicted molar refractivity (Wildman–Crippen MR) is 127 cm³/mol. The fourth-order valence-corrected chi connectivity index (χ4v) is 6.74. The van der Waals surface area contributed by atoms with Crippen LogP contribution in [0, 0.1) is 6.92 Å². The molecule has 0 unspecified atom stereocenters. The van der Waals surface area contributed by atoms with Crippen LogP contribution in [-0.2, 0) is 20.2 Å². The first-order chi connectivity index (χ1) is 15.7. The third kappa shape index (κ3) is 4.37. The second kappa shape index (κ2) is 8.38. The molecule has 1 atom stereocenters. The van der Waals surface area contributed by atoms with Crippen molar-refractivity contribution in [2.45, 2.75) is 44.3 Å². The third-order valence-corrected chi connectivity index (χ3v) is 8.56. The van der Waals surface area contributed by atoms with Gasteiger partial charge in [0.25, 0.3) is 0 Å². The van der Waals surface area contributed by atoms with Gasteiger partial charge in [-0.15, -0.1) is 0 Å². The highest BCUT2D eigenvalue weighted by molar-refractivity contribution is 7.92. The van der Waals surface area contributed by atoms with E-state index in [2.05, 4.69) is 25.1 Å². The molecule has 1 N–H and O–H groups in total. The number of hydrogen-bond donors (Lipinski definition) is 1. The van der Waals surface area contributed by atoms with E-state index in [-0.39, 0.29) is 17.6 Å². The molecule has 2 aliphatic heterocycles. The monoisotopic (exact) mass is 467 g/mol. The molecule has 0 aliphatic carbocycles. The van der Waals surface area contributed by atoms with Crippen LogP contribution in [0.3, 0.4) is 0 Å². The lowest BCUT2D eigenvalue weighted by atomic mass is 9.92. The number of aryl methyl sites for hydroxylation is 1. The van der Waals surface area contributed by atoms with Crippen LogP contribution < -0.4 is 4.74 Å². The van der Waals surface area contributed by atoms with E-state index in [1.165, 1.54) is 0 Å². The number of ether oxygens (including phenoxy) is 2. The topological polar surface area (TPSA) is 85.7 Å². The van der Waals surface area contributed by atoms with Crippen molar-refractivity contribution in [3.8, 4) is 5.75 Å². The molecule has 3 heterocycles. The van der Waals surface area contributed by atoms with Gasteiger partial charge in [-0.3, -0.25) is 4.98 Å². The predicted octanol–water partition coefficient (Wildman–Crippen LogP) is 4.19. The molecule has 174 valence electrons. The number of hydrogen-bond acceptors (Lipinski definition) is 6. The summed E-state index contributed by atoms with van der Waals surface area (Å²) in [5.41, 5.74) is 2.37. The Bertz CT molecular complexity index is 1290. The molecule has 0 amide bonds. The van der Waals surface area contributed by atoms with Crippen LogP contribution in [0.1, 0.15) is 54.2 Å². The molecule has 2 aliphatic rings. The maximum absolute atomic E-state index is 11.8. The van der Waals surface area contributed by atoms with Gasteiger partial charge in [0.2, 0.25) is 0 Å². The summed E-state index contributed by atoms with van der Waals surface area (Å²) in [5.74, 6) is 0.352. The number of aromatic nitrogens is 1. The average molecular weight is 468 g/mol. The average Bonchev–Trinajstić information content (AvgIpc) is 2.77. The molecular weight excluding hydrogens is 438 g/mol. The Balaban J connectivity index is 1.50. The van der Waals surface area contributed by atoms with Crippen LogP contribution in [-0.4, -0.2) is 43.2 Å². The van der Waals surface area contributed by atoms with Crippen molar-refractivity contribution in [2.24, 2.45) is 0 Å². The summed E-state index contributed by atoms with van der Waals surface area (Å²) in [5, 5.41) is 13.1. The Morgan fingerprint density at radius 2 is 1.88 bits per heavy atom. The van der Waals surface area contributed by atoms with Gasteiger partial charge in [0.15, 0.2) is 9.84 Å². The number of aliphatic hydroxyl groups is 1. The fraction of sp³-hybridized carbons (Fsp3) is 0.423. The molecule has 7 heteroatoms. The first-order valence-electron chi connectivity index (χ1n) is 11.4. The summed E-state index contributed by atoms with van der Waals surface area (Å²) in [6, 6.07) is 13.6. The zero-order valence-corrected chi connectivity index (χ0v) is 19.8. The SMILES string of the molecule is Cc1cc([C@@H](C)Oc2ccccc2C2(O)CS(=O)(=O)C2)c2cc(C3CCOCC3)ncc2c1. The van der Waals surface area contributed by atoms with Gasteiger partial charge in [-0.1, -0.05) is 29.8 Å². The van der Waals surface area contributed by atoms with Crippen LogP contribution in [0.25, 0.3) is 10.8 Å². The van der Waals surface area contributed by atoms with E-state index in [9.17, 15) is 13.5 Å². The Morgan fingerprint density at radius 3 is 2.61 bits per heavy atom. The number of pyridine rings is 1. The Labute approximate surface area is 194 Å². The maximum atomic E-state index is 11.8. The highest BCUT2D eigenvalue weighted by atomic mass is 32.2. The van der Waals surface area contributed by atoms with Crippen molar-refractivity contribution in [2.75, 3.05) is 24.7 Å². The van der Waals surface area contributed by atoms with E-state index in [0.29, 0.717) is 17.2 Å². The summed E-state index contributed by atoms with van der Waals surface area (Å²) < 4.78 is 35.4. The summed E-state index contributed by atoms with van der Waals surface area (Å²) in [6.45, 7) is 5.57. The van der Waals surface area contributed by atoms with E-state index < -0.39 is 15.4 Å². The van der Waals surface area contributed by atoms with Gasteiger partial charge in [0, 0.05) is 47.5 Å². The Morgan fingerprint density at radius 1 is 1.15 bits per heavy atom. The number of fused-ring (bicyclic) bond motifs is 1. The van der Waals surface area contributed by atoms with Gasteiger partial charge in [-0.2, -0.15) is 0 Å². The van der Waals surface area contributed by atoms with Crippen LogP contribution in [0.2, 0.25) is 0 Å². The van der Waals surface area contributed by atoms with Gasteiger partial charge >= 0.3 is 0 Å². The molecule has 0 spiro atoms. The number of benzene rings is 2. The van der Waals surface area contributed by atoms with E-state index >= 15 is 0 Å². The van der Waals surface area contributed by atoms with E-state index in [0.717, 1.165) is 53.6 Å². The standard InChI is InChI=1S/C26H29NO5S/c1-17-11-20-14-27-24(19-7-9-31-10-8-19)13-22(20)21(12-17)18(2)32-25-6-4-3-5-23(25)26(28)15-33(29,30)16-26/h3-6,11-14,18-19,28H,7-10,15-16H2,1-2H3/t18-/m1/s1. The molecule has 5 rings (SSSR count). The smallest absolute Gasteiger partial charge is 0.156 e. The number of para-hydroxylation sites is 1. The molecule has 1 aromatic heterocycles. The van der Waals surface area contributed by atoms with Crippen molar-refractivity contribution in [3.05, 3.63) is 71.0 Å². The summed E-state index contributed by atoms with van der Waals surface area (Å²) >= 11 is 0. The largest absolute Gasteiger partial charge is 0.486 e. The van der Waals surface area contributed by atoms with Gasteiger partial charge in [0.1, 0.15) is 17.5 Å². The van der Waals surface area contributed by atoms with E-state index in [1.54, 1.807) is 18.2 Å². The molecule has 2 fully saturated rings. The van der Waals surface area contributed by atoms with E-state index in [1.807, 2.05) is 19.2 Å². The quantitative estimate of drug-likeness (QED) is 0.606. The molecule has 33 heavy (non-hydrogen) atoms. The van der Waals surface area contributed by atoms with Crippen LogP contribution in [0.4, 0.5) is 0 Å². The lowest BCUT2D eigenvalue weighted by Crippen LogP contribution is -2.52. The van der Waals surface area contributed by atoms with Gasteiger partial charge in [-0.25, -0.2) is 8.42 Å². The first-order valence-corrected chi connectivity index (χ1v) is 13.2. The minimum Gasteiger partial charge on any atom is -0.486 e. The highest BCUT2D eigenvalue weighted by Crippen LogP contribution is 2.41. The van der Waals surface area contributed by atoms with Crippen molar-refractivity contribution in [1.82, 2.24) is 4.98 Å². The lowest BCUT2D eigenvalue weighted by molar-refractivity contribution is 0.0637.